The highest BCUT2D eigenvalue weighted by molar-refractivity contribution is 5.79. The largest absolute Gasteiger partial charge is 0.432 e. The predicted octanol–water partition coefficient (Wildman–Crippen LogP) is -5.87. The molecule has 7 aliphatic heterocycles. The molecular weight excluding hydrogens is 1410 g/mol. The molecule has 0 aromatic carbocycles. The molecule has 0 aromatic heterocycles. The normalized spacial score (nSPS) is 55.5. The number of carbonyl (C=O) groups is 1. The molecule has 11 fully saturated rings. The van der Waals surface area contributed by atoms with E-state index in [4.69, 9.17) is 66.3 Å². The van der Waals surface area contributed by atoms with Gasteiger partial charge in [0.2, 0.25) is 6.29 Å². The smallest absolute Gasteiger partial charge is 0.315 e. The number of esters is 1. The second kappa shape index (κ2) is 31.6. The molecule has 20 N–H and O–H groups in total. The van der Waals surface area contributed by atoms with Crippen LogP contribution >= 0.6 is 0 Å². The first-order valence-corrected chi connectivity index (χ1v) is 37.5. The molecule has 0 aromatic rings. The lowest BCUT2D eigenvalue weighted by Crippen LogP contribution is -2.67. The SMILES string of the molecule is C[C@@H]1O[C@H](O[C@@H]2[C@@H](O[C@H]3CC[C@]4(C)[C@H](CC[C@@]5(C)[C@H]4CC=C4[C@@H]6CC(C)(C)CC[C@]6(C(=O)O[C@H]6O[C@@H](CO[C@H]7O[C@@H](CO)[C@H](O[C@H]8O[C@@H](C)[C@H](O)[C@@H](O)[C@@H]8O)[C@@H](O)[C@@H]7O)[C@H](O)[C@@H](O)[C@@H]6O)CC[C@@]45C)[C@]3(C)CO)OC[C@H](O[C@H]3O[C@@H](CO)[C@H](O[C@H]4O[C@@H](C)[C@H](O)[C@@H](O)[C@@H]4O)[C@@H](O)[C@@H]3O)[C@H]2O)[C@@H](O)[C@H](O)[C@H]1O. The molecule has 43 atom stereocenters. The van der Waals surface area contributed by atoms with Crippen molar-refractivity contribution in [2.75, 3.05) is 33.0 Å². The van der Waals surface area contributed by atoms with Crippen LogP contribution in [0.5, 0.6) is 0 Å². The van der Waals surface area contributed by atoms with Crippen LogP contribution in [0.25, 0.3) is 0 Å². The third-order valence-electron chi connectivity index (χ3n) is 27.4. The maximum absolute atomic E-state index is 15.4. The van der Waals surface area contributed by atoms with Gasteiger partial charge in [-0.2, -0.15) is 0 Å². The van der Waals surface area contributed by atoms with E-state index in [9.17, 15) is 102 Å². The van der Waals surface area contributed by atoms with Gasteiger partial charge in [0.1, 0.15) is 146 Å². The summed E-state index contributed by atoms with van der Waals surface area (Å²) in [5.74, 6) is -1.22. The second-order valence-corrected chi connectivity index (χ2v) is 34.1. The zero-order valence-corrected chi connectivity index (χ0v) is 61.2. The average Bonchev–Trinajstić information content (AvgIpc) is 0.674. The van der Waals surface area contributed by atoms with E-state index in [1.165, 1.54) is 20.8 Å². The molecule has 7 heterocycles. The molecule has 0 bridgehead atoms. The van der Waals surface area contributed by atoms with Gasteiger partial charge < -0.3 is 168 Å². The van der Waals surface area contributed by atoms with Crippen molar-refractivity contribution < 1.29 is 173 Å². The maximum atomic E-state index is 15.4. The van der Waals surface area contributed by atoms with Crippen LogP contribution < -0.4 is 0 Å². The van der Waals surface area contributed by atoms with Crippen LogP contribution in [0.3, 0.4) is 0 Å². The number of fused-ring (bicyclic) bond motifs is 7. The first kappa shape index (κ1) is 83.3. The monoisotopic (exact) mass is 1530 g/mol. The number of allylic oxidation sites excluding steroid dienone is 2. The Kier molecular flexibility index (Phi) is 24.8. The fourth-order valence-electron chi connectivity index (χ4n) is 20.4. The summed E-state index contributed by atoms with van der Waals surface area (Å²) in [5, 5.41) is 220. The fraction of sp³-hybridized carbons (Fsp3) is 0.958. The molecule has 610 valence electrons. The van der Waals surface area contributed by atoms with E-state index >= 15 is 4.79 Å². The first-order chi connectivity index (χ1) is 49.8. The van der Waals surface area contributed by atoms with Gasteiger partial charge in [0, 0.05) is 5.41 Å². The summed E-state index contributed by atoms with van der Waals surface area (Å²) in [6, 6.07) is 0. The first-order valence-electron chi connectivity index (χ1n) is 37.5. The summed E-state index contributed by atoms with van der Waals surface area (Å²) >= 11 is 0. The number of aliphatic hydroxyl groups excluding tert-OH is 20. The molecule has 12 rings (SSSR count). The molecule has 0 amide bonds. The second-order valence-electron chi connectivity index (χ2n) is 34.1. The van der Waals surface area contributed by atoms with Gasteiger partial charge in [0.25, 0.3) is 0 Å². The molecule has 0 spiro atoms. The minimum atomic E-state index is -1.98. The van der Waals surface area contributed by atoms with Gasteiger partial charge in [0.05, 0.1) is 62.9 Å². The predicted molar refractivity (Wildman–Crippen MR) is 352 cm³/mol. The quantitative estimate of drug-likeness (QED) is 0.0345. The molecule has 5 aliphatic carbocycles. The van der Waals surface area contributed by atoms with Crippen molar-refractivity contribution in [2.45, 2.75) is 341 Å². The van der Waals surface area contributed by atoms with E-state index in [1.807, 2.05) is 6.92 Å². The molecule has 106 heavy (non-hydrogen) atoms. The molecular formula is C71H116O35. The Hall–Kier alpha value is -2.11. The van der Waals surface area contributed by atoms with E-state index in [1.54, 1.807) is 0 Å². The minimum Gasteiger partial charge on any atom is -0.432 e. The Balaban J connectivity index is 0.733. The Morgan fingerprint density at radius 1 is 0.453 bits per heavy atom. The van der Waals surface area contributed by atoms with Gasteiger partial charge in [-0.15, -0.1) is 0 Å². The lowest BCUT2D eigenvalue weighted by molar-refractivity contribution is -0.388. The van der Waals surface area contributed by atoms with Gasteiger partial charge in [0.15, 0.2) is 37.7 Å². The van der Waals surface area contributed by atoms with E-state index in [0.29, 0.717) is 64.2 Å². The average molecular weight is 1530 g/mol. The molecule has 7 saturated heterocycles. The fourth-order valence-corrected chi connectivity index (χ4v) is 20.4. The standard InChI is InChI=1S/C71H116O35/c1-26-38(75)43(80)49(86)59(95-26)103-55-31(21-72)98-58(53(90)47(55)84)93-23-33-41(78)46(83)52(89)63(100-33)106-65(92)71-18-16-66(4,5)20-30(71)29-10-11-36-67(6)14-13-37(68(7,25-74)35(67)12-15-70(36,9)69(29,8)17-19-71)102-64-57(105-61-51(88)45(82)40(77)28(3)97-61)42(79)34(24-94-64)101-62-54(91)48(85)56(32(22-73)99-62)104-60-50(87)44(81)39(76)27(2)96-60/h10,26-28,30-64,72-91H,11-25H2,1-9H3/t26-,27-,28-,30-,31-,32-,33-,34-,35-,36-,37-,38-,39-,40-,41-,42+,43+,44+,45+,46+,47-,48-,49-,50-,51-,52-,53-,54-,55-,56-,57-,58-,59+,60+,61+,62+,63+,64+,67+,68-,69-,70-,71-/m0/s1. The lowest BCUT2D eigenvalue weighted by Gasteiger charge is -2.71. The van der Waals surface area contributed by atoms with Gasteiger partial charge in [-0.05, 0) is 124 Å². The van der Waals surface area contributed by atoms with Gasteiger partial charge in [-0.1, -0.05) is 53.2 Å². The summed E-state index contributed by atoms with van der Waals surface area (Å²) in [4.78, 5) is 15.4. The molecule has 0 radical (unpaired) electrons. The number of hydrogen-bond acceptors (Lipinski definition) is 35. The van der Waals surface area contributed by atoms with Crippen LogP contribution in [0.2, 0.25) is 0 Å². The van der Waals surface area contributed by atoms with E-state index in [2.05, 4.69) is 40.7 Å². The summed E-state index contributed by atoms with van der Waals surface area (Å²) in [6.07, 6.45) is -49.4. The van der Waals surface area contributed by atoms with Crippen molar-refractivity contribution in [2.24, 2.45) is 50.2 Å². The van der Waals surface area contributed by atoms with Crippen LogP contribution in [0, 0.1) is 50.2 Å². The number of hydrogen-bond donors (Lipinski definition) is 20. The lowest BCUT2D eigenvalue weighted by atomic mass is 9.33. The van der Waals surface area contributed by atoms with E-state index in [0.717, 1.165) is 5.57 Å². The van der Waals surface area contributed by atoms with Gasteiger partial charge in [-0.3, -0.25) is 4.79 Å². The van der Waals surface area contributed by atoms with E-state index < -0.39 is 274 Å². The highest BCUT2D eigenvalue weighted by Crippen LogP contribution is 2.76. The molecule has 4 saturated carbocycles. The topological polar surface area (TPSA) is 551 Å². The van der Waals surface area contributed by atoms with E-state index in [-0.39, 0.29) is 29.8 Å². The zero-order chi connectivity index (χ0) is 77.3. The van der Waals surface area contributed by atoms with Crippen molar-refractivity contribution >= 4 is 5.97 Å². The van der Waals surface area contributed by atoms with Crippen LogP contribution in [0.15, 0.2) is 11.6 Å². The summed E-state index contributed by atoms with van der Waals surface area (Å²) < 4.78 is 83.9. The van der Waals surface area contributed by atoms with Crippen LogP contribution in [0.4, 0.5) is 0 Å². The van der Waals surface area contributed by atoms with Crippen molar-refractivity contribution in [3.8, 4) is 0 Å². The zero-order valence-electron chi connectivity index (χ0n) is 61.2. The molecule has 0 unspecified atom stereocenters. The number of rotatable bonds is 18. The highest BCUT2D eigenvalue weighted by Gasteiger charge is 2.71. The van der Waals surface area contributed by atoms with Gasteiger partial charge >= 0.3 is 5.97 Å². The number of ether oxygens (including phenoxy) is 14. The Morgan fingerprint density at radius 2 is 0.925 bits per heavy atom. The third kappa shape index (κ3) is 14.5. The van der Waals surface area contributed by atoms with Crippen LogP contribution in [-0.2, 0) is 71.1 Å². The summed E-state index contributed by atoms with van der Waals surface area (Å²) in [5.41, 5.74) is -2.62. The number of carbonyl (C=O) groups excluding carboxylic acids is 1. The molecule has 12 aliphatic rings. The summed E-state index contributed by atoms with van der Waals surface area (Å²) in [6.45, 7) is 14.2. The Bertz CT molecular complexity index is 3010. The Labute approximate surface area is 613 Å². The van der Waals surface area contributed by atoms with Crippen molar-refractivity contribution in [1.82, 2.24) is 0 Å². The molecule has 35 heteroatoms. The third-order valence-corrected chi connectivity index (χ3v) is 27.4. The number of aliphatic hydroxyl groups is 20. The van der Waals surface area contributed by atoms with Crippen molar-refractivity contribution in [3.05, 3.63) is 11.6 Å². The van der Waals surface area contributed by atoms with Crippen molar-refractivity contribution in [3.63, 3.8) is 0 Å². The Morgan fingerprint density at radius 3 is 1.46 bits per heavy atom. The van der Waals surface area contributed by atoms with Crippen molar-refractivity contribution in [1.29, 1.82) is 0 Å². The molecule has 35 nitrogen and oxygen atoms in total. The maximum Gasteiger partial charge on any atom is 0.315 e. The summed E-state index contributed by atoms with van der Waals surface area (Å²) in [7, 11) is 0. The highest BCUT2D eigenvalue weighted by atomic mass is 16.8. The van der Waals surface area contributed by atoms with Crippen LogP contribution in [-0.4, -0.2) is 356 Å². The minimum absolute atomic E-state index is 0.0113. The van der Waals surface area contributed by atoms with Gasteiger partial charge in [-0.25, -0.2) is 0 Å². The van der Waals surface area contributed by atoms with Crippen LogP contribution in [0.1, 0.15) is 127 Å².